The van der Waals surface area contributed by atoms with Crippen LogP contribution in [0, 0.1) is 6.92 Å². The van der Waals surface area contributed by atoms with E-state index in [1.807, 2.05) is 25.1 Å². The zero-order valence-electron chi connectivity index (χ0n) is 8.12. The number of nitrogens with zero attached hydrogens (tertiary/aromatic N) is 1. The van der Waals surface area contributed by atoms with E-state index >= 15 is 0 Å². The van der Waals surface area contributed by atoms with Gasteiger partial charge in [0.1, 0.15) is 0 Å². The van der Waals surface area contributed by atoms with Crippen molar-refractivity contribution < 1.29 is 0 Å². The van der Waals surface area contributed by atoms with E-state index in [-0.39, 0.29) is 5.96 Å². The number of hydrogen-bond donors (Lipinski definition) is 3. The van der Waals surface area contributed by atoms with Crippen molar-refractivity contribution in [3.05, 3.63) is 35.9 Å². The Hall–Kier alpha value is -1.97. The fourth-order valence-corrected chi connectivity index (χ4v) is 1.14. The molecule has 0 aliphatic rings. The molecule has 1 rings (SSSR count). The third-order valence-corrected chi connectivity index (χ3v) is 1.75. The SMILES string of the molecule is C=C(N)c1cc(C)ccc1N=C(N)N. The quantitative estimate of drug-likeness (QED) is 0.476. The summed E-state index contributed by atoms with van der Waals surface area (Å²) in [7, 11) is 0. The largest absolute Gasteiger partial charge is 0.399 e. The van der Waals surface area contributed by atoms with Crippen molar-refractivity contribution in [3.63, 3.8) is 0 Å². The molecule has 0 aromatic heterocycles. The Labute approximate surface area is 83.1 Å². The highest BCUT2D eigenvalue weighted by Crippen LogP contribution is 2.23. The zero-order chi connectivity index (χ0) is 10.7. The minimum Gasteiger partial charge on any atom is -0.399 e. The fourth-order valence-electron chi connectivity index (χ4n) is 1.14. The summed E-state index contributed by atoms with van der Waals surface area (Å²) in [6, 6.07) is 5.61. The van der Waals surface area contributed by atoms with Gasteiger partial charge in [0, 0.05) is 11.3 Å². The highest BCUT2D eigenvalue weighted by Gasteiger charge is 2.02. The molecule has 0 aliphatic carbocycles. The number of aliphatic imine (C=N–C) groups is 1. The Kier molecular flexibility index (Phi) is 2.76. The lowest BCUT2D eigenvalue weighted by Gasteiger charge is -2.06. The van der Waals surface area contributed by atoms with Gasteiger partial charge in [0.2, 0.25) is 0 Å². The van der Waals surface area contributed by atoms with Crippen LogP contribution in [0.3, 0.4) is 0 Å². The molecule has 6 N–H and O–H groups in total. The molecule has 0 spiro atoms. The van der Waals surface area contributed by atoms with E-state index in [0.717, 1.165) is 11.1 Å². The van der Waals surface area contributed by atoms with Gasteiger partial charge in [-0.3, -0.25) is 0 Å². The van der Waals surface area contributed by atoms with Gasteiger partial charge in [-0.1, -0.05) is 18.2 Å². The van der Waals surface area contributed by atoms with Crippen molar-refractivity contribution in [2.24, 2.45) is 22.2 Å². The predicted molar refractivity (Wildman–Crippen MR) is 59.9 cm³/mol. The van der Waals surface area contributed by atoms with Crippen LogP contribution in [-0.2, 0) is 0 Å². The van der Waals surface area contributed by atoms with Crippen molar-refractivity contribution >= 4 is 17.3 Å². The summed E-state index contributed by atoms with van der Waals surface area (Å²) < 4.78 is 0. The van der Waals surface area contributed by atoms with E-state index in [1.165, 1.54) is 0 Å². The van der Waals surface area contributed by atoms with Crippen LogP contribution in [0.5, 0.6) is 0 Å². The Bertz CT molecular complexity index is 389. The lowest BCUT2D eigenvalue weighted by molar-refractivity contribution is 1.36. The first-order valence-corrected chi connectivity index (χ1v) is 4.15. The smallest absolute Gasteiger partial charge is 0.191 e. The van der Waals surface area contributed by atoms with E-state index in [9.17, 15) is 0 Å². The topological polar surface area (TPSA) is 90.4 Å². The molecular formula is C10H14N4. The molecule has 0 aliphatic heterocycles. The molecule has 74 valence electrons. The molecule has 4 heteroatoms. The molecule has 1 aromatic rings. The van der Waals surface area contributed by atoms with Crippen LogP contribution < -0.4 is 17.2 Å². The average molecular weight is 190 g/mol. The number of nitrogens with two attached hydrogens (primary N) is 3. The maximum absolute atomic E-state index is 5.61. The summed E-state index contributed by atoms with van der Waals surface area (Å²) in [5, 5.41) is 0. The standard InChI is InChI=1S/C10H14N4/c1-6-3-4-9(14-10(12)13)8(5-6)7(2)11/h3-5H,2,11H2,1H3,(H4,12,13,14). The first-order valence-electron chi connectivity index (χ1n) is 4.15. The van der Waals surface area contributed by atoms with Crippen LogP contribution in [0.2, 0.25) is 0 Å². The highest BCUT2D eigenvalue weighted by molar-refractivity contribution is 5.82. The molecule has 0 unspecified atom stereocenters. The number of hydrogen-bond acceptors (Lipinski definition) is 2. The average Bonchev–Trinajstić information content (AvgIpc) is 2.07. The Balaban J connectivity index is 3.29. The van der Waals surface area contributed by atoms with Crippen molar-refractivity contribution in [2.45, 2.75) is 6.92 Å². The van der Waals surface area contributed by atoms with E-state index in [4.69, 9.17) is 17.2 Å². The van der Waals surface area contributed by atoms with Gasteiger partial charge >= 0.3 is 0 Å². The molecule has 0 radical (unpaired) electrons. The van der Waals surface area contributed by atoms with Crippen molar-refractivity contribution in [1.82, 2.24) is 0 Å². The molecule has 0 heterocycles. The van der Waals surface area contributed by atoms with Crippen molar-refractivity contribution in [2.75, 3.05) is 0 Å². The van der Waals surface area contributed by atoms with Crippen molar-refractivity contribution in [1.29, 1.82) is 0 Å². The van der Waals surface area contributed by atoms with Crippen LogP contribution in [0.1, 0.15) is 11.1 Å². The van der Waals surface area contributed by atoms with Gasteiger partial charge in [-0.05, 0) is 19.1 Å². The van der Waals surface area contributed by atoms with E-state index in [1.54, 1.807) is 0 Å². The lowest BCUT2D eigenvalue weighted by Crippen LogP contribution is -2.22. The maximum Gasteiger partial charge on any atom is 0.191 e. The summed E-state index contributed by atoms with van der Waals surface area (Å²) in [6.07, 6.45) is 0. The summed E-state index contributed by atoms with van der Waals surface area (Å²) in [5.41, 5.74) is 19.1. The van der Waals surface area contributed by atoms with Gasteiger partial charge in [-0.15, -0.1) is 0 Å². The fraction of sp³-hybridized carbons (Fsp3) is 0.100. The summed E-state index contributed by atoms with van der Waals surface area (Å²) in [5.74, 6) is 0.0105. The number of benzene rings is 1. The number of guanidine groups is 1. The van der Waals surface area contributed by atoms with Gasteiger partial charge in [0.25, 0.3) is 0 Å². The van der Waals surface area contributed by atoms with E-state index in [2.05, 4.69) is 11.6 Å². The first kappa shape index (κ1) is 10.1. The van der Waals surface area contributed by atoms with Gasteiger partial charge in [0.05, 0.1) is 5.69 Å². The monoisotopic (exact) mass is 190 g/mol. The normalized spacial score (nSPS) is 9.50. The predicted octanol–water partition coefficient (Wildman–Crippen LogP) is 0.829. The van der Waals surface area contributed by atoms with Gasteiger partial charge in [0.15, 0.2) is 5.96 Å². The van der Waals surface area contributed by atoms with E-state index < -0.39 is 0 Å². The minimum absolute atomic E-state index is 0.0105. The van der Waals surface area contributed by atoms with Crippen LogP contribution in [0.4, 0.5) is 5.69 Å². The second kappa shape index (κ2) is 3.83. The van der Waals surface area contributed by atoms with Crippen LogP contribution in [0.25, 0.3) is 5.70 Å². The van der Waals surface area contributed by atoms with Crippen LogP contribution in [-0.4, -0.2) is 5.96 Å². The number of aryl methyl sites for hydroxylation is 1. The molecule has 0 amide bonds. The molecule has 4 nitrogen and oxygen atoms in total. The second-order valence-corrected chi connectivity index (χ2v) is 3.08. The minimum atomic E-state index is 0.0105. The third kappa shape index (κ3) is 2.26. The molecule has 1 aromatic carbocycles. The molecular weight excluding hydrogens is 176 g/mol. The van der Waals surface area contributed by atoms with Crippen LogP contribution >= 0.6 is 0 Å². The molecule has 0 saturated carbocycles. The first-order chi connectivity index (χ1) is 6.50. The molecule has 0 fully saturated rings. The van der Waals surface area contributed by atoms with Crippen LogP contribution in [0.15, 0.2) is 29.8 Å². The van der Waals surface area contributed by atoms with E-state index in [0.29, 0.717) is 11.4 Å². The van der Waals surface area contributed by atoms with Gasteiger partial charge < -0.3 is 17.2 Å². The second-order valence-electron chi connectivity index (χ2n) is 3.08. The zero-order valence-corrected chi connectivity index (χ0v) is 8.12. The van der Waals surface area contributed by atoms with Crippen molar-refractivity contribution in [3.8, 4) is 0 Å². The molecule has 0 saturated heterocycles. The Morgan fingerprint density at radius 1 is 1.29 bits per heavy atom. The molecule has 0 bridgehead atoms. The summed E-state index contributed by atoms with van der Waals surface area (Å²) >= 11 is 0. The summed E-state index contributed by atoms with van der Waals surface area (Å²) in [4.78, 5) is 3.95. The summed E-state index contributed by atoms with van der Waals surface area (Å²) in [6.45, 7) is 5.63. The third-order valence-electron chi connectivity index (χ3n) is 1.75. The van der Waals surface area contributed by atoms with Gasteiger partial charge in [-0.25, -0.2) is 4.99 Å². The maximum atomic E-state index is 5.61. The Morgan fingerprint density at radius 2 is 1.93 bits per heavy atom. The number of rotatable bonds is 2. The van der Waals surface area contributed by atoms with Gasteiger partial charge in [-0.2, -0.15) is 0 Å². The molecule has 14 heavy (non-hydrogen) atoms. The Morgan fingerprint density at radius 3 is 2.43 bits per heavy atom. The molecule has 0 atom stereocenters. The lowest BCUT2D eigenvalue weighted by atomic mass is 10.1. The highest BCUT2D eigenvalue weighted by atomic mass is 15.0.